The maximum absolute atomic E-state index is 11.1. The minimum absolute atomic E-state index is 0.0149. The highest BCUT2D eigenvalue weighted by molar-refractivity contribution is 7.16. The number of nitrogens with two attached hydrogens (primary N) is 1. The zero-order chi connectivity index (χ0) is 12.5. The van der Waals surface area contributed by atoms with Gasteiger partial charge in [0.2, 0.25) is 5.91 Å². The summed E-state index contributed by atoms with van der Waals surface area (Å²) in [6.45, 7) is 1.66. The van der Waals surface area contributed by atoms with Crippen LogP contribution in [0.1, 0.15) is 12.8 Å². The lowest BCUT2D eigenvalue weighted by Crippen LogP contribution is -2.39. The SMILES string of the molecule is NC(=O)C1CCN(c2ncnc3sccc23)CC1. The van der Waals surface area contributed by atoms with Crippen molar-refractivity contribution in [3.8, 4) is 0 Å². The highest BCUT2D eigenvalue weighted by atomic mass is 32.1. The molecule has 2 aromatic heterocycles. The van der Waals surface area contributed by atoms with Gasteiger partial charge < -0.3 is 10.6 Å². The van der Waals surface area contributed by atoms with E-state index in [2.05, 4.69) is 20.9 Å². The number of hydrogen-bond donors (Lipinski definition) is 1. The molecule has 3 heterocycles. The molecule has 0 aromatic carbocycles. The second-order valence-electron chi connectivity index (χ2n) is 4.50. The van der Waals surface area contributed by atoms with E-state index in [1.165, 1.54) is 0 Å². The van der Waals surface area contributed by atoms with Crippen molar-refractivity contribution in [3.63, 3.8) is 0 Å². The largest absolute Gasteiger partial charge is 0.369 e. The summed E-state index contributed by atoms with van der Waals surface area (Å²) in [6.07, 6.45) is 3.23. The van der Waals surface area contributed by atoms with Crippen LogP contribution >= 0.6 is 11.3 Å². The number of fused-ring (bicyclic) bond motifs is 1. The Labute approximate surface area is 109 Å². The maximum atomic E-state index is 11.1. The number of primary amides is 1. The molecule has 0 radical (unpaired) electrons. The molecule has 1 fully saturated rings. The van der Waals surface area contributed by atoms with Crippen LogP contribution in [-0.4, -0.2) is 29.0 Å². The first-order valence-corrected chi connectivity index (χ1v) is 6.86. The third-order valence-electron chi connectivity index (χ3n) is 3.44. The summed E-state index contributed by atoms with van der Waals surface area (Å²) < 4.78 is 0. The molecule has 0 saturated carbocycles. The van der Waals surface area contributed by atoms with E-state index in [0.29, 0.717) is 0 Å². The van der Waals surface area contributed by atoms with Gasteiger partial charge in [-0.3, -0.25) is 4.79 Å². The normalized spacial score (nSPS) is 17.2. The van der Waals surface area contributed by atoms with E-state index in [-0.39, 0.29) is 11.8 Å². The van der Waals surface area contributed by atoms with Crippen LogP contribution in [-0.2, 0) is 4.79 Å². The molecule has 1 aliphatic heterocycles. The van der Waals surface area contributed by atoms with Crippen molar-refractivity contribution in [2.75, 3.05) is 18.0 Å². The van der Waals surface area contributed by atoms with E-state index in [0.717, 1.165) is 42.0 Å². The van der Waals surface area contributed by atoms with Gasteiger partial charge in [0.05, 0.1) is 5.39 Å². The molecular weight excluding hydrogens is 248 g/mol. The number of carbonyl (C=O) groups is 1. The predicted octanol–water partition coefficient (Wildman–Crippen LogP) is 1.39. The standard InChI is InChI=1S/C12H14N4OS/c13-10(17)8-1-4-16(5-2-8)11-9-3-6-18-12(9)15-7-14-11/h3,6-8H,1-2,4-5H2,(H2,13,17). The zero-order valence-electron chi connectivity index (χ0n) is 9.87. The fourth-order valence-corrected chi connectivity index (χ4v) is 3.13. The second kappa shape index (κ2) is 4.53. The molecule has 5 nitrogen and oxygen atoms in total. The van der Waals surface area contributed by atoms with Gasteiger partial charge in [-0.15, -0.1) is 11.3 Å². The monoisotopic (exact) mass is 262 g/mol. The second-order valence-corrected chi connectivity index (χ2v) is 5.39. The Bertz CT molecular complexity index is 574. The Balaban J connectivity index is 1.84. The molecule has 0 aliphatic carbocycles. The molecule has 18 heavy (non-hydrogen) atoms. The minimum Gasteiger partial charge on any atom is -0.369 e. The number of anilines is 1. The van der Waals surface area contributed by atoms with E-state index in [1.807, 2.05) is 5.38 Å². The van der Waals surface area contributed by atoms with Crippen LogP contribution in [0.5, 0.6) is 0 Å². The zero-order valence-corrected chi connectivity index (χ0v) is 10.7. The molecule has 0 bridgehead atoms. The average Bonchev–Trinajstić information content (AvgIpc) is 2.87. The van der Waals surface area contributed by atoms with Crippen LogP contribution in [0.25, 0.3) is 10.2 Å². The van der Waals surface area contributed by atoms with Crippen molar-refractivity contribution in [2.45, 2.75) is 12.8 Å². The Morgan fingerprint density at radius 3 is 2.89 bits per heavy atom. The number of thiophene rings is 1. The summed E-state index contributed by atoms with van der Waals surface area (Å²) in [5.41, 5.74) is 5.34. The minimum atomic E-state index is -0.182. The lowest BCUT2D eigenvalue weighted by molar-refractivity contribution is -0.122. The summed E-state index contributed by atoms with van der Waals surface area (Å²) in [5.74, 6) is 0.809. The fourth-order valence-electron chi connectivity index (χ4n) is 2.40. The van der Waals surface area contributed by atoms with Gasteiger partial charge in [0.15, 0.2) is 0 Å². The smallest absolute Gasteiger partial charge is 0.220 e. The third kappa shape index (κ3) is 1.92. The quantitative estimate of drug-likeness (QED) is 0.887. The first-order valence-electron chi connectivity index (χ1n) is 5.98. The molecular formula is C12H14N4OS. The van der Waals surface area contributed by atoms with E-state index >= 15 is 0 Å². The van der Waals surface area contributed by atoms with Crippen molar-refractivity contribution in [2.24, 2.45) is 11.7 Å². The number of nitrogens with zero attached hydrogens (tertiary/aromatic N) is 3. The average molecular weight is 262 g/mol. The molecule has 0 unspecified atom stereocenters. The van der Waals surface area contributed by atoms with E-state index in [4.69, 9.17) is 5.73 Å². The van der Waals surface area contributed by atoms with Gasteiger partial charge in [-0.25, -0.2) is 9.97 Å². The number of aromatic nitrogens is 2. The fraction of sp³-hybridized carbons (Fsp3) is 0.417. The molecule has 3 rings (SSSR count). The van der Waals surface area contributed by atoms with Crippen molar-refractivity contribution >= 4 is 33.3 Å². The lowest BCUT2D eigenvalue weighted by Gasteiger charge is -2.31. The van der Waals surface area contributed by atoms with Crippen LogP contribution in [0.15, 0.2) is 17.8 Å². The van der Waals surface area contributed by atoms with Crippen LogP contribution in [0.4, 0.5) is 5.82 Å². The Kier molecular flexibility index (Phi) is 2.87. The predicted molar refractivity (Wildman–Crippen MR) is 71.5 cm³/mol. The van der Waals surface area contributed by atoms with Crippen LogP contribution in [0.2, 0.25) is 0 Å². The Hall–Kier alpha value is -1.69. The first kappa shape index (κ1) is 11.4. The first-order chi connectivity index (χ1) is 8.75. The molecule has 6 heteroatoms. The van der Waals surface area contributed by atoms with Crippen LogP contribution < -0.4 is 10.6 Å². The molecule has 2 aromatic rings. The number of hydrogen-bond acceptors (Lipinski definition) is 5. The van der Waals surface area contributed by atoms with Gasteiger partial charge in [0, 0.05) is 19.0 Å². The number of amides is 1. The molecule has 1 saturated heterocycles. The maximum Gasteiger partial charge on any atom is 0.220 e. The van der Waals surface area contributed by atoms with Crippen LogP contribution in [0.3, 0.4) is 0 Å². The number of carbonyl (C=O) groups excluding carboxylic acids is 1. The van der Waals surface area contributed by atoms with Crippen molar-refractivity contribution in [1.29, 1.82) is 0 Å². The highest BCUT2D eigenvalue weighted by Gasteiger charge is 2.24. The molecule has 0 spiro atoms. The van der Waals surface area contributed by atoms with Crippen molar-refractivity contribution in [1.82, 2.24) is 9.97 Å². The van der Waals surface area contributed by atoms with E-state index in [1.54, 1.807) is 17.7 Å². The van der Waals surface area contributed by atoms with Crippen molar-refractivity contribution in [3.05, 3.63) is 17.8 Å². The summed E-state index contributed by atoms with van der Waals surface area (Å²) in [4.78, 5) is 23.0. The van der Waals surface area contributed by atoms with Gasteiger partial charge in [0.1, 0.15) is 17.0 Å². The summed E-state index contributed by atoms with van der Waals surface area (Å²) in [6, 6.07) is 2.05. The molecule has 2 N–H and O–H groups in total. The Morgan fingerprint density at radius 2 is 2.17 bits per heavy atom. The Morgan fingerprint density at radius 1 is 1.39 bits per heavy atom. The molecule has 94 valence electrons. The number of piperidine rings is 1. The van der Waals surface area contributed by atoms with Crippen LogP contribution in [0, 0.1) is 5.92 Å². The highest BCUT2D eigenvalue weighted by Crippen LogP contribution is 2.29. The van der Waals surface area contributed by atoms with Gasteiger partial charge in [0.25, 0.3) is 0 Å². The topological polar surface area (TPSA) is 72.1 Å². The molecule has 0 atom stereocenters. The summed E-state index contributed by atoms with van der Waals surface area (Å²) in [5, 5.41) is 3.12. The van der Waals surface area contributed by atoms with Gasteiger partial charge in [-0.1, -0.05) is 0 Å². The summed E-state index contributed by atoms with van der Waals surface area (Å²) >= 11 is 1.62. The lowest BCUT2D eigenvalue weighted by atomic mass is 9.96. The summed E-state index contributed by atoms with van der Waals surface area (Å²) in [7, 11) is 0. The van der Waals surface area contributed by atoms with Gasteiger partial charge >= 0.3 is 0 Å². The number of rotatable bonds is 2. The third-order valence-corrected chi connectivity index (χ3v) is 4.26. The molecule has 1 amide bonds. The van der Waals surface area contributed by atoms with Gasteiger partial charge in [-0.05, 0) is 24.3 Å². The van der Waals surface area contributed by atoms with Gasteiger partial charge in [-0.2, -0.15) is 0 Å². The van der Waals surface area contributed by atoms with E-state index in [9.17, 15) is 4.79 Å². The van der Waals surface area contributed by atoms with Crippen molar-refractivity contribution < 1.29 is 4.79 Å². The molecule has 1 aliphatic rings. The van der Waals surface area contributed by atoms with E-state index < -0.39 is 0 Å².